The summed E-state index contributed by atoms with van der Waals surface area (Å²) in [6.45, 7) is 4.51. The Morgan fingerprint density at radius 2 is 2.13 bits per heavy atom. The van der Waals surface area contributed by atoms with E-state index in [4.69, 9.17) is 9.26 Å². The summed E-state index contributed by atoms with van der Waals surface area (Å²) in [5, 5.41) is 4.10. The van der Waals surface area contributed by atoms with Gasteiger partial charge in [0.05, 0.1) is 12.7 Å². The Hall–Kier alpha value is -2.36. The number of ether oxygens (including phenoxy) is 1. The molecule has 0 aliphatic heterocycles. The number of allylic oxidation sites excluding steroid dienone is 4. The van der Waals surface area contributed by atoms with Gasteiger partial charge in [0.15, 0.2) is 0 Å². The summed E-state index contributed by atoms with van der Waals surface area (Å²) in [7, 11) is 1.64. The predicted octanol–water partition coefficient (Wildman–Crippen LogP) is 4.75. The topological polar surface area (TPSA) is 48.2 Å². The molecule has 0 fully saturated rings. The maximum Gasteiger partial charge on any atom is 0.257 e. The first-order chi connectivity index (χ1) is 11.2. The minimum absolute atomic E-state index is 0.552. The number of aromatic nitrogens is 2. The average Bonchev–Trinajstić information content (AvgIpc) is 3.05. The van der Waals surface area contributed by atoms with E-state index in [0.717, 1.165) is 23.3 Å². The molecule has 1 heterocycles. The van der Waals surface area contributed by atoms with E-state index < -0.39 is 0 Å². The van der Waals surface area contributed by atoms with E-state index in [1.54, 1.807) is 7.11 Å². The van der Waals surface area contributed by atoms with Crippen molar-refractivity contribution in [2.75, 3.05) is 7.11 Å². The Kier molecular flexibility index (Phi) is 4.60. The molecule has 0 bridgehead atoms. The van der Waals surface area contributed by atoms with E-state index in [1.807, 2.05) is 24.3 Å². The van der Waals surface area contributed by atoms with Crippen molar-refractivity contribution in [3.8, 4) is 17.1 Å². The van der Waals surface area contributed by atoms with Gasteiger partial charge in [0.2, 0.25) is 5.82 Å². The molecule has 1 aromatic heterocycles. The van der Waals surface area contributed by atoms with Crippen LogP contribution in [-0.4, -0.2) is 17.3 Å². The standard InChI is InChI=1S/C19H22N2O2/c1-13(2)12-14-8-10-15(11-9-14)19-20-18(21-23-19)16-6-4-5-7-17(16)22-3/h4-8,10-11,13-14H,9,12H2,1-3H3. The van der Waals surface area contributed by atoms with Crippen LogP contribution in [0.15, 0.2) is 47.0 Å². The maximum absolute atomic E-state index is 5.44. The van der Waals surface area contributed by atoms with Crippen LogP contribution >= 0.6 is 0 Å². The Morgan fingerprint density at radius 1 is 1.30 bits per heavy atom. The number of nitrogens with zero attached hydrogens (tertiary/aromatic N) is 2. The van der Waals surface area contributed by atoms with Gasteiger partial charge in [0.25, 0.3) is 5.89 Å². The monoisotopic (exact) mass is 310 g/mol. The Balaban J connectivity index is 1.78. The van der Waals surface area contributed by atoms with Crippen molar-refractivity contribution >= 4 is 5.57 Å². The second-order valence-electron chi connectivity index (χ2n) is 6.27. The molecule has 0 spiro atoms. The van der Waals surface area contributed by atoms with E-state index >= 15 is 0 Å². The van der Waals surface area contributed by atoms with E-state index in [-0.39, 0.29) is 0 Å². The molecule has 4 heteroatoms. The number of methoxy groups -OCH3 is 1. The lowest BCUT2D eigenvalue weighted by molar-refractivity contribution is 0.404. The van der Waals surface area contributed by atoms with Crippen LogP contribution < -0.4 is 4.74 Å². The normalized spacial score (nSPS) is 17.4. The van der Waals surface area contributed by atoms with Gasteiger partial charge in [0.1, 0.15) is 5.75 Å². The summed E-state index contributed by atoms with van der Waals surface area (Å²) in [5.74, 6) is 3.17. The van der Waals surface area contributed by atoms with E-state index in [9.17, 15) is 0 Å². The van der Waals surface area contributed by atoms with E-state index in [0.29, 0.717) is 23.6 Å². The molecular formula is C19H22N2O2. The molecule has 1 unspecified atom stereocenters. The minimum Gasteiger partial charge on any atom is -0.496 e. The van der Waals surface area contributed by atoms with Crippen LogP contribution in [0.4, 0.5) is 0 Å². The van der Waals surface area contributed by atoms with Gasteiger partial charge in [0, 0.05) is 5.57 Å². The first kappa shape index (κ1) is 15.5. The molecule has 0 amide bonds. The van der Waals surface area contributed by atoms with Crippen molar-refractivity contribution < 1.29 is 9.26 Å². The molecule has 1 aliphatic carbocycles. The number of para-hydroxylation sites is 1. The van der Waals surface area contributed by atoms with Gasteiger partial charge < -0.3 is 9.26 Å². The Labute approximate surface area is 136 Å². The second kappa shape index (κ2) is 6.82. The lowest BCUT2D eigenvalue weighted by Crippen LogP contribution is -2.03. The highest BCUT2D eigenvalue weighted by Gasteiger charge is 2.17. The van der Waals surface area contributed by atoms with Gasteiger partial charge in [-0.2, -0.15) is 4.98 Å². The molecule has 0 saturated carbocycles. The second-order valence-corrected chi connectivity index (χ2v) is 6.27. The molecule has 4 nitrogen and oxygen atoms in total. The number of hydrogen-bond acceptors (Lipinski definition) is 4. The zero-order chi connectivity index (χ0) is 16.2. The van der Waals surface area contributed by atoms with Gasteiger partial charge in [-0.3, -0.25) is 0 Å². The molecule has 23 heavy (non-hydrogen) atoms. The molecule has 0 N–H and O–H groups in total. The van der Waals surface area contributed by atoms with Gasteiger partial charge in [-0.05, 0) is 36.8 Å². The summed E-state index contributed by atoms with van der Waals surface area (Å²) < 4.78 is 10.8. The Morgan fingerprint density at radius 3 is 2.83 bits per heavy atom. The van der Waals surface area contributed by atoms with Crippen molar-refractivity contribution in [1.29, 1.82) is 0 Å². The van der Waals surface area contributed by atoms with E-state index in [2.05, 4.69) is 42.2 Å². The zero-order valence-electron chi connectivity index (χ0n) is 13.8. The van der Waals surface area contributed by atoms with Crippen LogP contribution in [0.3, 0.4) is 0 Å². The van der Waals surface area contributed by atoms with E-state index in [1.165, 1.54) is 6.42 Å². The Bertz CT molecular complexity index is 728. The smallest absolute Gasteiger partial charge is 0.257 e. The first-order valence-corrected chi connectivity index (χ1v) is 8.03. The van der Waals surface area contributed by atoms with Crippen molar-refractivity contribution in [2.24, 2.45) is 11.8 Å². The molecule has 1 aliphatic rings. The third-order valence-electron chi connectivity index (χ3n) is 3.98. The van der Waals surface area contributed by atoms with Gasteiger partial charge >= 0.3 is 0 Å². The summed E-state index contributed by atoms with van der Waals surface area (Å²) >= 11 is 0. The third kappa shape index (κ3) is 3.52. The fraction of sp³-hybridized carbons (Fsp3) is 0.368. The van der Waals surface area contributed by atoms with Gasteiger partial charge in [-0.25, -0.2) is 0 Å². The van der Waals surface area contributed by atoms with Crippen molar-refractivity contribution in [3.63, 3.8) is 0 Å². The maximum atomic E-state index is 5.44. The highest BCUT2D eigenvalue weighted by molar-refractivity contribution is 5.71. The zero-order valence-corrected chi connectivity index (χ0v) is 13.8. The fourth-order valence-corrected chi connectivity index (χ4v) is 2.88. The third-order valence-corrected chi connectivity index (χ3v) is 3.98. The lowest BCUT2D eigenvalue weighted by Gasteiger charge is -2.16. The van der Waals surface area contributed by atoms with Crippen molar-refractivity contribution in [1.82, 2.24) is 10.1 Å². The highest BCUT2D eigenvalue weighted by atomic mass is 16.5. The van der Waals surface area contributed by atoms with Crippen LogP contribution in [0.25, 0.3) is 17.0 Å². The van der Waals surface area contributed by atoms with Gasteiger partial charge in [-0.15, -0.1) is 0 Å². The molecule has 120 valence electrons. The lowest BCUT2D eigenvalue weighted by atomic mass is 9.89. The number of benzene rings is 1. The summed E-state index contributed by atoms with van der Waals surface area (Å²) in [5.41, 5.74) is 1.83. The molecule has 2 aromatic rings. The summed E-state index contributed by atoms with van der Waals surface area (Å²) in [6, 6.07) is 7.67. The van der Waals surface area contributed by atoms with Crippen LogP contribution in [0.1, 0.15) is 32.6 Å². The fourth-order valence-electron chi connectivity index (χ4n) is 2.88. The molecule has 3 rings (SSSR count). The minimum atomic E-state index is 0.552. The largest absolute Gasteiger partial charge is 0.496 e. The van der Waals surface area contributed by atoms with Crippen molar-refractivity contribution in [2.45, 2.75) is 26.7 Å². The number of rotatable bonds is 5. The number of hydrogen-bond donors (Lipinski definition) is 0. The van der Waals surface area contributed by atoms with Crippen LogP contribution in [0, 0.1) is 11.8 Å². The summed E-state index contributed by atoms with van der Waals surface area (Å²) in [6.07, 6.45) is 8.76. The van der Waals surface area contributed by atoms with Crippen LogP contribution in [0.5, 0.6) is 5.75 Å². The predicted molar refractivity (Wildman–Crippen MR) is 91.0 cm³/mol. The molecule has 1 aromatic carbocycles. The molecule has 0 radical (unpaired) electrons. The molecule has 0 saturated heterocycles. The quantitative estimate of drug-likeness (QED) is 0.799. The SMILES string of the molecule is COc1ccccc1-c1noc(C2=CCC(CC(C)C)C=C2)n1. The molecule has 1 atom stereocenters. The van der Waals surface area contributed by atoms with Crippen LogP contribution in [0.2, 0.25) is 0 Å². The van der Waals surface area contributed by atoms with Crippen molar-refractivity contribution in [3.05, 3.63) is 48.4 Å². The van der Waals surface area contributed by atoms with Crippen LogP contribution in [-0.2, 0) is 0 Å². The average molecular weight is 310 g/mol. The van der Waals surface area contributed by atoms with Gasteiger partial charge in [-0.1, -0.05) is 49.4 Å². The summed E-state index contributed by atoms with van der Waals surface area (Å²) in [4.78, 5) is 4.52. The highest BCUT2D eigenvalue weighted by Crippen LogP contribution is 2.30. The molecular weight excluding hydrogens is 288 g/mol. The first-order valence-electron chi connectivity index (χ1n) is 8.03.